The van der Waals surface area contributed by atoms with Crippen LogP contribution in [0.15, 0.2) is 0 Å². The molecule has 100 valence electrons. The van der Waals surface area contributed by atoms with E-state index in [1.54, 1.807) is 0 Å². The van der Waals surface area contributed by atoms with Crippen LogP contribution in [0.4, 0.5) is 0 Å². The molecule has 0 radical (unpaired) electrons. The average Bonchev–Trinajstić information content (AvgIpc) is 3.02. The van der Waals surface area contributed by atoms with E-state index in [0.717, 1.165) is 25.7 Å². The molecular formula is C14H21NO3. The maximum absolute atomic E-state index is 12.3. The molecule has 4 nitrogen and oxygen atoms in total. The fourth-order valence-corrected chi connectivity index (χ4v) is 3.69. The van der Waals surface area contributed by atoms with Gasteiger partial charge in [0, 0.05) is 6.54 Å². The molecule has 3 aliphatic rings. The second kappa shape index (κ2) is 4.65. The van der Waals surface area contributed by atoms with Crippen molar-refractivity contribution in [1.29, 1.82) is 0 Å². The third kappa shape index (κ3) is 1.69. The zero-order valence-electron chi connectivity index (χ0n) is 10.9. The number of carbonyl (C=O) groups excluding carboxylic acids is 2. The summed E-state index contributed by atoms with van der Waals surface area (Å²) in [5.41, 5.74) is 0. The molecule has 3 aliphatic heterocycles. The van der Waals surface area contributed by atoms with Crippen molar-refractivity contribution in [3.05, 3.63) is 0 Å². The molecule has 0 aromatic carbocycles. The zero-order chi connectivity index (χ0) is 12.7. The Labute approximate surface area is 108 Å². The van der Waals surface area contributed by atoms with Crippen molar-refractivity contribution in [2.45, 2.75) is 57.7 Å². The van der Waals surface area contributed by atoms with E-state index >= 15 is 0 Å². The van der Waals surface area contributed by atoms with Crippen molar-refractivity contribution in [3.63, 3.8) is 0 Å². The van der Waals surface area contributed by atoms with Crippen LogP contribution in [-0.4, -0.2) is 35.5 Å². The molecule has 0 aromatic heterocycles. The van der Waals surface area contributed by atoms with Gasteiger partial charge in [-0.3, -0.25) is 14.5 Å². The second-order valence-electron chi connectivity index (χ2n) is 5.73. The number of nitrogens with zero attached hydrogens (tertiary/aromatic N) is 1. The predicted octanol–water partition coefficient (Wildman–Crippen LogP) is 1.73. The first-order valence-corrected chi connectivity index (χ1v) is 7.24. The van der Waals surface area contributed by atoms with Crippen LogP contribution in [0.2, 0.25) is 0 Å². The molecule has 0 saturated carbocycles. The molecule has 18 heavy (non-hydrogen) atoms. The van der Waals surface area contributed by atoms with Crippen molar-refractivity contribution in [2.24, 2.45) is 11.8 Å². The minimum Gasteiger partial charge on any atom is -0.373 e. The maximum Gasteiger partial charge on any atom is 0.235 e. The molecule has 0 spiro atoms. The summed E-state index contributed by atoms with van der Waals surface area (Å²) in [5.74, 6) is -0.229. The molecule has 3 fully saturated rings. The quantitative estimate of drug-likeness (QED) is 0.552. The van der Waals surface area contributed by atoms with Crippen molar-refractivity contribution < 1.29 is 14.3 Å². The van der Waals surface area contributed by atoms with Crippen LogP contribution in [0.5, 0.6) is 0 Å². The van der Waals surface area contributed by atoms with Crippen LogP contribution in [0.3, 0.4) is 0 Å². The summed E-state index contributed by atoms with van der Waals surface area (Å²) in [5, 5.41) is 0. The second-order valence-corrected chi connectivity index (χ2v) is 5.73. The maximum atomic E-state index is 12.3. The summed E-state index contributed by atoms with van der Waals surface area (Å²) in [7, 11) is 0. The van der Waals surface area contributed by atoms with Gasteiger partial charge in [-0.25, -0.2) is 0 Å². The van der Waals surface area contributed by atoms with Crippen molar-refractivity contribution in [3.8, 4) is 0 Å². The van der Waals surface area contributed by atoms with Gasteiger partial charge in [-0.15, -0.1) is 0 Å². The summed E-state index contributed by atoms with van der Waals surface area (Å²) in [4.78, 5) is 26.1. The van der Waals surface area contributed by atoms with E-state index in [4.69, 9.17) is 4.74 Å². The summed E-state index contributed by atoms with van der Waals surface area (Å²) in [6, 6.07) is 0. The van der Waals surface area contributed by atoms with E-state index < -0.39 is 0 Å². The normalized spacial score (nSPS) is 37.7. The third-order valence-electron chi connectivity index (χ3n) is 4.61. The van der Waals surface area contributed by atoms with E-state index in [0.29, 0.717) is 6.54 Å². The Bertz CT molecular complexity index is 340. The van der Waals surface area contributed by atoms with E-state index in [-0.39, 0.29) is 35.9 Å². The van der Waals surface area contributed by atoms with Gasteiger partial charge in [-0.2, -0.15) is 0 Å². The van der Waals surface area contributed by atoms with Gasteiger partial charge in [0.25, 0.3) is 0 Å². The topological polar surface area (TPSA) is 46.6 Å². The SMILES string of the molecule is CCCCCCN1C(=O)C2C(C1=O)[C@H]1CC[C@@H]2O1. The number of ether oxygens (including phenoxy) is 1. The Hall–Kier alpha value is -0.900. The van der Waals surface area contributed by atoms with E-state index in [1.165, 1.54) is 17.7 Å². The molecule has 4 atom stereocenters. The van der Waals surface area contributed by atoms with E-state index in [2.05, 4.69) is 6.92 Å². The number of fused-ring (bicyclic) bond motifs is 5. The molecule has 0 aromatic rings. The van der Waals surface area contributed by atoms with Gasteiger partial charge in [-0.1, -0.05) is 26.2 Å². The first-order chi connectivity index (χ1) is 8.74. The van der Waals surface area contributed by atoms with Crippen molar-refractivity contribution in [1.82, 2.24) is 4.90 Å². The molecule has 0 N–H and O–H groups in total. The standard InChI is InChI=1S/C14H21NO3/c1-2-3-4-5-8-15-13(16)11-9-6-7-10(18-9)12(11)14(15)17/h9-12H,2-8H2,1H3/t9-,10+,11?,12?. The van der Waals surface area contributed by atoms with E-state index in [1.807, 2.05) is 0 Å². The minimum absolute atomic E-state index is 0.0251. The number of likely N-dealkylation sites (tertiary alicyclic amines) is 1. The number of imide groups is 1. The largest absolute Gasteiger partial charge is 0.373 e. The lowest BCUT2D eigenvalue weighted by atomic mass is 9.81. The summed E-state index contributed by atoms with van der Waals surface area (Å²) < 4.78 is 5.70. The third-order valence-corrected chi connectivity index (χ3v) is 4.61. The van der Waals surface area contributed by atoms with Gasteiger partial charge in [0.15, 0.2) is 0 Å². The lowest BCUT2D eigenvalue weighted by molar-refractivity contribution is -0.142. The Balaban J connectivity index is 1.63. The van der Waals surface area contributed by atoms with Gasteiger partial charge in [-0.05, 0) is 19.3 Å². The van der Waals surface area contributed by atoms with Gasteiger partial charge in [0.2, 0.25) is 11.8 Å². The summed E-state index contributed by atoms with van der Waals surface area (Å²) in [6.07, 6.45) is 6.35. The minimum atomic E-state index is -0.151. The zero-order valence-corrected chi connectivity index (χ0v) is 10.9. The Kier molecular flexibility index (Phi) is 3.14. The van der Waals surface area contributed by atoms with Crippen LogP contribution < -0.4 is 0 Å². The molecule has 3 rings (SSSR count). The molecule has 2 amide bonds. The number of hydrogen-bond donors (Lipinski definition) is 0. The Morgan fingerprint density at radius 3 is 2.22 bits per heavy atom. The number of amides is 2. The number of rotatable bonds is 5. The molecule has 2 bridgehead atoms. The molecule has 4 heteroatoms. The molecule has 2 unspecified atom stereocenters. The van der Waals surface area contributed by atoms with Gasteiger partial charge >= 0.3 is 0 Å². The van der Waals surface area contributed by atoms with Crippen LogP contribution in [0.25, 0.3) is 0 Å². The fraction of sp³-hybridized carbons (Fsp3) is 0.857. The average molecular weight is 251 g/mol. The molecule has 0 aliphatic carbocycles. The monoisotopic (exact) mass is 251 g/mol. The fourth-order valence-electron chi connectivity index (χ4n) is 3.69. The lowest BCUT2D eigenvalue weighted by Crippen LogP contribution is -2.35. The lowest BCUT2D eigenvalue weighted by Gasteiger charge is -2.17. The molecule has 3 heterocycles. The Morgan fingerprint density at radius 2 is 1.67 bits per heavy atom. The molecule has 3 saturated heterocycles. The van der Waals surface area contributed by atoms with Crippen LogP contribution >= 0.6 is 0 Å². The Morgan fingerprint density at radius 1 is 1.06 bits per heavy atom. The first kappa shape index (κ1) is 12.2. The summed E-state index contributed by atoms with van der Waals surface area (Å²) in [6.45, 7) is 2.77. The summed E-state index contributed by atoms with van der Waals surface area (Å²) >= 11 is 0. The number of carbonyl (C=O) groups is 2. The smallest absolute Gasteiger partial charge is 0.235 e. The van der Waals surface area contributed by atoms with Crippen LogP contribution in [0.1, 0.15) is 45.4 Å². The van der Waals surface area contributed by atoms with Crippen molar-refractivity contribution >= 4 is 11.8 Å². The number of unbranched alkanes of at least 4 members (excludes halogenated alkanes) is 3. The highest BCUT2D eigenvalue weighted by Crippen LogP contribution is 2.48. The van der Waals surface area contributed by atoms with Gasteiger partial charge in [0.1, 0.15) is 0 Å². The highest BCUT2D eigenvalue weighted by molar-refractivity contribution is 6.06. The highest BCUT2D eigenvalue weighted by Gasteiger charge is 2.61. The first-order valence-electron chi connectivity index (χ1n) is 7.24. The highest BCUT2D eigenvalue weighted by atomic mass is 16.5. The van der Waals surface area contributed by atoms with Gasteiger partial charge < -0.3 is 4.74 Å². The van der Waals surface area contributed by atoms with Crippen molar-refractivity contribution in [2.75, 3.05) is 6.54 Å². The van der Waals surface area contributed by atoms with Crippen LogP contribution in [-0.2, 0) is 14.3 Å². The van der Waals surface area contributed by atoms with Crippen LogP contribution in [0, 0.1) is 11.8 Å². The predicted molar refractivity (Wildman–Crippen MR) is 65.7 cm³/mol. The van der Waals surface area contributed by atoms with Gasteiger partial charge in [0.05, 0.1) is 24.0 Å². The van der Waals surface area contributed by atoms with E-state index in [9.17, 15) is 9.59 Å². The molecular weight excluding hydrogens is 230 g/mol. The number of hydrogen-bond acceptors (Lipinski definition) is 3.